The molecule has 0 aromatic heterocycles. The van der Waals surface area contributed by atoms with E-state index in [0.29, 0.717) is 12.8 Å². The number of hydrogen-bond acceptors (Lipinski definition) is 5. The van der Waals surface area contributed by atoms with E-state index in [1.807, 2.05) is 37.8 Å². The molecule has 2 fully saturated rings. The normalized spacial score (nSPS) is 19.8. The summed E-state index contributed by atoms with van der Waals surface area (Å²) in [5.74, 6) is 1.75. The summed E-state index contributed by atoms with van der Waals surface area (Å²) in [4.78, 5) is 16.4. The average Bonchev–Trinajstić information content (AvgIpc) is 2.68. The predicted octanol–water partition coefficient (Wildman–Crippen LogP) is 4.57. The van der Waals surface area contributed by atoms with Crippen LogP contribution >= 0.6 is 0 Å². The van der Waals surface area contributed by atoms with Crippen molar-refractivity contribution in [1.82, 2.24) is 9.80 Å². The maximum Gasteiger partial charge on any atom is 0.410 e. The maximum absolute atomic E-state index is 12.2. The van der Waals surface area contributed by atoms with Crippen molar-refractivity contribution in [2.75, 3.05) is 38.2 Å². The number of piperidine rings is 2. The van der Waals surface area contributed by atoms with E-state index in [-0.39, 0.29) is 6.09 Å². The molecule has 0 unspecified atom stereocenters. The summed E-state index contributed by atoms with van der Waals surface area (Å²) in [5.41, 5.74) is 0.655. The highest BCUT2D eigenvalue weighted by Crippen LogP contribution is 2.22. The summed E-state index contributed by atoms with van der Waals surface area (Å²) in [5, 5.41) is 3.58. The number of ether oxygens (including phenoxy) is 2. The van der Waals surface area contributed by atoms with E-state index in [1.54, 1.807) is 0 Å². The highest BCUT2D eigenvalue weighted by Gasteiger charge is 2.26. The molecule has 2 aliphatic heterocycles. The first-order valence-corrected chi connectivity index (χ1v) is 11.0. The third-order valence-corrected chi connectivity index (χ3v) is 5.66. The van der Waals surface area contributed by atoms with Crippen LogP contribution in [0.2, 0.25) is 0 Å². The van der Waals surface area contributed by atoms with Gasteiger partial charge in [-0.1, -0.05) is 6.92 Å². The minimum atomic E-state index is -0.442. The van der Waals surface area contributed by atoms with Crippen LogP contribution in [0, 0.1) is 5.92 Å². The maximum atomic E-state index is 12.2. The van der Waals surface area contributed by atoms with E-state index < -0.39 is 5.60 Å². The van der Waals surface area contributed by atoms with E-state index >= 15 is 0 Å². The number of benzene rings is 1. The number of rotatable bonds is 5. The molecule has 2 saturated heterocycles. The van der Waals surface area contributed by atoms with E-state index in [4.69, 9.17) is 9.47 Å². The highest BCUT2D eigenvalue weighted by molar-refractivity contribution is 5.68. The fourth-order valence-electron chi connectivity index (χ4n) is 3.77. The van der Waals surface area contributed by atoms with Gasteiger partial charge < -0.3 is 19.7 Å². The summed E-state index contributed by atoms with van der Waals surface area (Å²) in [6, 6.07) is 8.59. The van der Waals surface area contributed by atoms with Crippen LogP contribution in [0.25, 0.3) is 0 Å². The Balaban J connectivity index is 1.38. The molecule has 3 rings (SSSR count). The molecule has 162 valence electrons. The number of carbonyl (C=O) groups is 1. The lowest BCUT2D eigenvalue weighted by atomic mass is 10.00. The zero-order valence-electron chi connectivity index (χ0n) is 18.4. The molecule has 2 aliphatic rings. The third-order valence-electron chi connectivity index (χ3n) is 5.66. The van der Waals surface area contributed by atoms with Gasteiger partial charge in [0.05, 0.1) is 0 Å². The van der Waals surface area contributed by atoms with E-state index in [0.717, 1.165) is 56.4 Å². The van der Waals surface area contributed by atoms with E-state index in [1.165, 1.54) is 12.8 Å². The Kier molecular flexibility index (Phi) is 7.28. The van der Waals surface area contributed by atoms with Gasteiger partial charge in [-0.3, -0.25) is 4.90 Å². The molecule has 2 heterocycles. The smallest absolute Gasteiger partial charge is 0.410 e. The van der Waals surface area contributed by atoms with Crippen LogP contribution in [0.4, 0.5) is 10.5 Å². The summed E-state index contributed by atoms with van der Waals surface area (Å²) in [6.07, 6.45) is 4.16. The second kappa shape index (κ2) is 9.70. The summed E-state index contributed by atoms with van der Waals surface area (Å²) < 4.78 is 11.4. The van der Waals surface area contributed by atoms with Gasteiger partial charge in [-0.2, -0.15) is 0 Å². The quantitative estimate of drug-likeness (QED) is 0.781. The Hall–Kier alpha value is -1.95. The molecule has 0 bridgehead atoms. The lowest BCUT2D eigenvalue weighted by Gasteiger charge is -2.34. The fourth-order valence-corrected chi connectivity index (χ4v) is 3.77. The second-order valence-corrected chi connectivity index (χ2v) is 9.48. The van der Waals surface area contributed by atoms with Crippen LogP contribution in [0.3, 0.4) is 0 Å². The molecule has 6 heteroatoms. The lowest BCUT2D eigenvalue weighted by molar-refractivity contribution is 0.0210. The Labute approximate surface area is 175 Å². The molecule has 0 atom stereocenters. The van der Waals surface area contributed by atoms with Crippen molar-refractivity contribution in [2.24, 2.45) is 5.92 Å². The Bertz CT molecular complexity index is 640. The molecular formula is C23H37N3O3. The first-order valence-electron chi connectivity index (χ1n) is 11.0. The largest absolute Gasteiger partial charge is 0.478 e. The molecule has 1 N–H and O–H groups in total. The van der Waals surface area contributed by atoms with E-state index in [9.17, 15) is 4.79 Å². The fraction of sp³-hybridized carbons (Fsp3) is 0.696. The van der Waals surface area contributed by atoms with Crippen molar-refractivity contribution in [1.29, 1.82) is 0 Å². The zero-order valence-corrected chi connectivity index (χ0v) is 18.4. The standard InChI is InChI=1S/C23H37N3O3/c1-18-9-13-25(14-10-18)17-28-21-7-5-19(6-8-21)24-20-11-15-26(16-12-20)22(27)29-23(2,3)4/h5-8,18,20,24H,9-17H2,1-4H3. The number of hydrogen-bond donors (Lipinski definition) is 1. The van der Waals surface area contributed by atoms with Gasteiger partial charge in [0.2, 0.25) is 0 Å². The van der Waals surface area contributed by atoms with Crippen LogP contribution in [-0.4, -0.2) is 60.4 Å². The number of nitrogens with zero attached hydrogens (tertiary/aromatic N) is 2. The van der Waals surface area contributed by atoms with Crippen molar-refractivity contribution < 1.29 is 14.3 Å². The number of likely N-dealkylation sites (tertiary alicyclic amines) is 2. The topological polar surface area (TPSA) is 54.0 Å². The molecule has 29 heavy (non-hydrogen) atoms. The molecule has 0 radical (unpaired) electrons. The van der Waals surface area contributed by atoms with E-state index in [2.05, 4.69) is 29.3 Å². The zero-order chi connectivity index (χ0) is 20.9. The Morgan fingerprint density at radius 1 is 1.03 bits per heavy atom. The minimum absolute atomic E-state index is 0.208. The van der Waals surface area contributed by atoms with Gasteiger partial charge in [0.15, 0.2) is 0 Å². The number of amides is 1. The lowest BCUT2D eigenvalue weighted by Crippen LogP contribution is -2.44. The van der Waals surface area contributed by atoms with Crippen molar-refractivity contribution >= 4 is 11.8 Å². The molecule has 0 saturated carbocycles. The molecular weight excluding hydrogens is 366 g/mol. The highest BCUT2D eigenvalue weighted by atomic mass is 16.6. The summed E-state index contributed by atoms with van der Waals surface area (Å²) >= 11 is 0. The Morgan fingerprint density at radius 2 is 1.66 bits per heavy atom. The summed E-state index contributed by atoms with van der Waals surface area (Å²) in [6.45, 7) is 12.4. The predicted molar refractivity (Wildman–Crippen MR) is 116 cm³/mol. The van der Waals surface area contributed by atoms with Gasteiger partial charge in [0.25, 0.3) is 0 Å². The molecule has 1 aromatic carbocycles. The van der Waals surface area contributed by atoms with Crippen LogP contribution in [0.1, 0.15) is 53.4 Å². The molecule has 1 amide bonds. The third kappa shape index (κ3) is 7.11. The minimum Gasteiger partial charge on any atom is -0.478 e. The van der Waals surface area contributed by atoms with Crippen molar-refractivity contribution in [3.63, 3.8) is 0 Å². The first kappa shape index (κ1) is 21.8. The Morgan fingerprint density at radius 3 is 2.24 bits per heavy atom. The van der Waals surface area contributed by atoms with Crippen molar-refractivity contribution in [3.8, 4) is 5.75 Å². The number of anilines is 1. The van der Waals surface area contributed by atoms with Gasteiger partial charge in [-0.15, -0.1) is 0 Å². The second-order valence-electron chi connectivity index (χ2n) is 9.48. The van der Waals surface area contributed by atoms with Gasteiger partial charge >= 0.3 is 6.09 Å². The van der Waals surface area contributed by atoms with Crippen LogP contribution in [0.5, 0.6) is 5.75 Å². The van der Waals surface area contributed by atoms with Crippen LogP contribution < -0.4 is 10.1 Å². The van der Waals surface area contributed by atoms with Gasteiger partial charge in [-0.25, -0.2) is 4.79 Å². The molecule has 6 nitrogen and oxygen atoms in total. The number of nitrogens with one attached hydrogen (secondary N) is 1. The monoisotopic (exact) mass is 403 g/mol. The van der Waals surface area contributed by atoms with Gasteiger partial charge in [0, 0.05) is 37.9 Å². The first-order chi connectivity index (χ1) is 13.8. The number of carbonyl (C=O) groups excluding carboxylic acids is 1. The average molecular weight is 404 g/mol. The molecule has 0 aliphatic carbocycles. The SMILES string of the molecule is CC1CCN(COc2ccc(NC3CCN(C(=O)OC(C)(C)C)CC3)cc2)CC1. The van der Waals surface area contributed by atoms with Crippen molar-refractivity contribution in [2.45, 2.75) is 65.0 Å². The van der Waals surface area contributed by atoms with Crippen LogP contribution in [0.15, 0.2) is 24.3 Å². The molecule has 0 spiro atoms. The van der Waals surface area contributed by atoms with Crippen LogP contribution in [-0.2, 0) is 4.74 Å². The van der Waals surface area contributed by atoms with Gasteiger partial charge in [-0.05, 0) is 76.6 Å². The van der Waals surface area contributed by atoms with Crippen molar-refractivity contribution in [3.05, 3.63) is 24.3 Å². The molecule has 1 aromatic rings. The summed E-state index contributed by atoms with van der Waals surface area (Å²) in [7, 11) is 0. The van der Waals surface area contributed by atoms with Gasteiger partial charge in [0.1, 0.15) is 18.1 Å².